The minimum Gasteiger partial charge on any atom is -0.327 e. The second-order valence-electron chi connectivity index (χ2n) is 6.41. The van der Waals surface area contributed by atoms with Crippen molar-refractivity contribution in [3.05, 3.63) is 0 Å². The van der Waals surface area contributed by atoms with Crippen LogP contribution in [0.15, 0.2) is 0 Å². The van der Waals surface area contributed by atoms with Gasteiger partial charge in [0.2, 0.25) is 0 Å². The first-order chi connectivity index (χ1) is 7.58. The summed E-state index contributed by atoms with van der Waals surface area (Å²) in [6, 6.07) is 1.29. The van der Waals surface area contributed by atoms with Crippen LogP contribution in [0, 0.1) is 17.8 Å². The van der Waals surface area contributed by atoms with Crippen LogP contribution in [0.2, 0.25) is 0 Å². The summed E-state index contributed by atoms with van der Waals surface area (Å²) in [5.41, 5.74) is 6.34. The fourth-order valence-electron chi connectivity index (χ4n) is 3.59. The first-order valence-corrected chi connectivity index (χ1v) is 7.03. The molecule has 2 heteroatoms. The van der Waals surface area contributed by atoms with Crippen molar-refractivity contribution in [3.63, 3.8) is 0 Å². The Balaban J connectivity index is 1.86. The van der Waals surface area contributed by atoms with E-state index in [1.165, 1.54) is 38.6 Å². The van der Waals surface area contributed by atoms with E-state index in [2.05, 4.69) is 25.8 Å². The monoisotopic (exact) mass is 224 g/mol. The van der Waals surface area contributed by atoms with Crippen molar-refractivity contribution in [2.75, 3.05) is 13.6 Å². The summed E-state index contributed by atoms with van der Waals surface area (Å²) < 4.78 is 0. The Hall–Kier alpha value is -0.0800. The van der Waals surface area contributed by atoms with Crippen LogP contribution in [0.25, 0.3) is 0 Å². The first kappa shape index (κ1) is 12.4. The summed E-state index contributed by atoms with van der Waals surface area (Å²) in [5, 5.41) is 0. The smallest absolute Gasteiger partial charge is 0.00923 e. The molecule has 0 aromatic rings. The van der Waals surface area contributed by atoms with E-state index < -0.39 is 0 Å². The Labute approximate surface area is 101 Å². The molecule has 4 unspecified atom stereocenters. The number of nitrogens with zero attached hydrogens (tertiary/aromatic N) is 1. The lowest BCUT2D eigenvalue weighted by Gasteiger charge is -2.43. The van der Waals surface area contributed by atoms with Crippen LogP contribution in [0.5, 0.6) is 0 Å². The Bertz CT molecular complexity index is 213. The largest absolute Gasteiger partial charge is 0.327 e. The molecule has 2 aliphatic carbocycles. The summed E-state index contributed by atoms with van der Waals surface area (Å²) in [5.74, 6) is 2.36. The topological polar surface area (TPSA) is 29.3 Å². The van der Waals surface area contributed by atoms with Gasteiger partial charge in [0.25, 0.3) is 0 Å². The predicted molar refractivity (Wildman–Crippen MR) is 69.3 cm³/mol. The van der Waals surface area contributed by atoms with E-state index in [1.807, 2.05) is 0 Å². The lowest BCUT2D eigenvalue weighted by molar-refractivity contribution is 0.0830. The highest BCUT2D eigenvalue weighted by molar-refractivity contribution is 4.89. The molecule has 2 N–H and O–H groups in total. The summed E-state index contributed by atoms with van der Waals surface area (Å²) in [4.78, 5) is 2.57. The van der Waals surface area contributed by atoms with E-state index in [4.69, 9.17) is 5.73 Å². The molecule has 4 atom stereocenters. The Morgan fingerprint density at radius 2 is 1.88 bits per heavy atom. The lowest BCUT2D eigenvalue weighted by atomic mass is 9.72. The normalized spacial score (nSPS) is 41.1. The van der Waals surface area contributed by atoms with Gasteiger partial charge >= 0.3 is 0 Å². The highest BCUT2D eigenvalue weighted by Crippen LogP contribution is 2.34. The average Bonchev–Trinajstić information content (AvgIpc) is 2.08. The molecule has 2 fully saturated rings. The van der Waals surface area contributed by atoms with Crippen LogP contribution >= 0.6 is 0 Å². The zero-order valence-corrected chi connectivity index (χ0v) is 11.2. The molecule has 0 radical (unpaired) electrons. The van der Waals surface area contributed by atoms with Gasteiger partial charge in [-0.2, -0.15) is 0 Å². The number of rotatable bonds is 3. The van der Waals surface area contributed by atoms with Crippen molar-refractivity contribution < 1.29 is 0 Å². The van der Waals surface area contributed by atoms with Gasteiger partial charge < -0.3 is 10.6 Å². The SMILES string of the molecule is CC1CC(C)C(CN(C)C2CCC2)C(N)C1. The molecule has 2 aliphatic rings. The van der Waals surface area contributed by atoms with Crippen molar-refractivity contribution in [3.8, 4) is 0 Å². The maximum Gasteiger partial charge on any atom is 0.00923 e. The van der Waals surface area contributed by atoms with E-state index in [0.717, 1.165) is 23.8 Å². The molecule has 2 saturated carbocycles. The maximum absolute atomic E-state index is 6.34. The molecule has 0 aromatic heterocycles. The first-order valence-electron chi connectivity index (χ1n) is 7.03. The summed E-state index contributed by atoms with van der Waals surface area (Å²) in [6.07, 6.45) is 6.84. The molecule has 16 heavy (non-hydrogen) atoms. The van der Waals surface area contributed by atoms with Gasteiger partial charge in [-0.1, -0.05) is 20.3 Å². The molecule has 94 valence electrons. The van der Waals surface area contributed by atoms with E-state index >= 15 is 0 Å². The Kier molecular flexibility index (Phi) is 3.91. The highest BCUT2D eigenvalue weighted by atomic mass is 15.1. The third kappa shape index (κ3) is 2.60. The van der Waals surface area contributed by atoms with Crippen molar-refractivity contribution >= 4 is 0 Å². The van der Waals surface area contributed by atoms with Gasteiger partial charge in [0.15, 0.2) is 0 Å². The van der Waals surface area contributed by atoms with Gasteiger partial charge in [-0.3, -0.25) is 0 Å². The lowest BCUT2D eigenvalue weighted by Crippen LogP contribution is -2.49. The zero-order chi connectivity index (χ0) is 11.7. The summed E-state index contributed by atoms with van der Waals surface area (Å²) in [6.45, 7) is 5.97. The molecule has 0 saturated heterocycles. The fourth-order valence-corrected chi connectivity index (χ4v) is 3.59. The van der Waals surface area contributed by atoms with Gasteiger partial charge in [-0.15, -0.1) is 0 Å². The Morgan fingerprint density at radius 3 is 2.38 bits per heavy atom. The zero-order valence-electron chi connectivity index (χ0n) is 11.2. The van der Waals surface area contributed by atoms with Crippen LogP contribution in [0.3, 0.4) is 0 Å². The molecular weight excluding hydrogens is 196 g/mol. The molecule has 0 spiro atoms. The standard InChI is InChI=1S/C14H28N2/c1-10-7-11(2)13(14(15)8-10)9-16(3)12-5-4-6-12/h10-14H,4-9,15H2,1-3H3. The quantitative estimate of drug-likeness (QED) is 0.798. The van der Waals surface area contributed by atoms with Crippen LogP contribution < -0.4 is 5.73 Å². The summed E-state index contributed by atoms with van der Waals surface area (Å²) in [7, 11) is 2.29. The average molecular weight is 224 g/mol. The molecular formula is C14H28N2. The third-order valence-electron chi connectivity index (χ3n) is 4.93. The third-order valence-corrected chi connectivity index (χ3v) is 4.93. The maximum atomic E-state index is 6.34. The van der Waals surface area contributed by atoms with E-state index in [0.29, 0.717) is 6.04 Å². The van der Waals surface area contributed by atoms with Gasteiger partial charge in [-0.05, 0) is 50.5 Å². The van der Waals surface area contributed by atoms with Crippen LogP contribution in [-0.2, 0) is 0 Å². The second-order valence-corrected chi connectivity index (χ2v) is 6.41. The predicted octanol–water partition coefficient (Wildman–Crippen LogP) is 2.48. The van der Waals surface area contributed by atoms with Crippen LogP contribution in [-0.4, -0.2) is 30.6 Å². The van der Waals surface area contributed by atoms with Crippen LogP contribution in [0.4, 0.5) is 0 Å². The van der Waals surface area contributed by atoms with E-state index in [9.17, 15) is 0 Å². The minimum atomic E-state index is 0.432. The number of nitrogens with two attached hydrogens (primary N) is 1. The number of hydrogen-bond acceptors (Lipinski definition) is 2. The van der Waals surface area contributed by atoms with Crippen molar-refractivity contribution in [2.45, 2.75) is 58.0 Å². The van der Waals surface area contributed by atoms with Gasteiger partial charge in [-0.25, -0.2) is 0 Å². The summed E-state index contributed by atoms with van der Waals surface area (Å²) >= 11 is 0. The minimum absolute atomic E-state index is 0.432. The fraction of sp³-hybridized carbons (Fsp3) is 1.00. The molecule has 0 amide bonds. The molecule has 0 heterocycles. The van der Waals surface area contributed by atoms with E-state index in [1.54, 1.807) is 0 Å². The van der Waals surface area contributed by atoms with Gasteiger partial charge in [0.05, 0.1) is 0 Å². The molecule has 2 rings (SSSR count). The van der Waals surface area contributed by atoms with Crippen molar-refractivity contribution in [1.29, 1.82) is 0 Å². The van der Waals surface area contributed by atoms with Crippen molar-refractivity contribution in [1.82, 2.24) is 4.90 Å². The molecule has 2 nitrogen and oxygen atoms in total. The second kappa shape index (κ2) is 5.05. The van der Waals surface area contributed by atoms with E-state index in [-0.39, 0.29) is 0 Å². The molecule has 0 bridgehead atoms. The van der Waals surface area contributed by atoms with Crippen LogP contribution in [0.1, 0.15) is 46.0 Å². The highest BCUT2D eigenvalue weighted by Gasteiger charge is 2.34. The number of hydrogen-bond donors (Lipinski definition) is 1. The van der Waals surface area contributed by atoms with Gasteiger partial charge in [0.1, 0.15) is 0 Å². The molecule has 0 aliphatic heterocycles. The Morgan fingerprint density at radius 1 is 1.19 bits per heavy atom. The van der Waals surface area contributed by atoms with Gasteiger partial charge in [0, 0.05) is 18.6 Å². The van der Waals surface area contributed by atoms with Crippen molar-refractivity contribution in [2.24, 2.45) is 23.5 Å². The molecule has 0 aromatic carbocycles.